The Morgan fingerprint density at radius 2 is 1.77 bits per heavy atom. The van der Waals surface area contributed by atoms with Crippen molar-refractivity contribution in [1.82, 2.24) is 0 Å². The molecule has 0 saturated heterocycles. The third kappa shape index (κ3) is 7.13. The fraction of sp³-hybridized carbons (Fsp3) is 0.500. The van der Waals surface area contributed by atoms with Crippen molar-refractivity contribution < 1.29 is 15.0 Å². The van der Waals surface area contributed by atoms with Gasteiger partial charge in [0.05, 0.1) is 0 Å². The third-order valence-electron chi connectivity index (χ3n) is 2.03. The van der Waals surface area contributed by atoms with E-state index in [0.717, 1.165) is 6.42 Å². The molecular formula is C10H15Br2Ti-. The Morgan fingerprint density at radius 1 is 1.31 bits per heavy atom. The molecule has 0 aromatic carbocycles. The molecule has 0 saturated carbocycles. The van der Waals surface area contributed by atoms with Crippen LogP contribution in [0.15, 0.2) is 24.3 Å². The van der Waals surface area contributed by atoms with Gasteiger partial charge in [0.15, 0.2) is 0 Å². The first-order chi connectivity index (χ1) is 6.18. The summed E-state index contributed by atoms with van der Waals surface area (Å²) in [4.78, 5) is 0. The van der Waals surface area contributed by atoms with E-state index in [-0.39, 0.29) is 15.0 Å². The summed E-state index contributed by atoms with van der Waals surface area (Å²) < 4.78 is 0. The van der Waals surface area contributed by atoms with Crippen LogP contribution >= 0.6 is 26.3 Å². The van der Waals surface area contributed by atoms with Gasteiger partial charge in [0, 0.05) is 5.41 Å². The van der Waals surface area contributed by atoms with E-state index in [0.29, 0.717) is 5.41 Å². The van der Waals surface area contributed by atoms with E-state index in [2.05, 4.69) is 64.5 Å². The molecule has 0 spiro atoms. The van der Waals surface area contributed by atoms with Gasteiger partial charge in [-0.15, -0.1) is 0 Å². The normalized spacial score (nSPS) is 16.6. The largest absolute Gasteiger partial charge is 0.343 e. The molecule has 0 nitrogen and oxygen atoms in total. The van der Waals surface area contributed by atoms with Gasteiger partial charge in [0.1, 0.15) is 0 Å². The van der Waals surface area contributed by atoms with Crippen molar-refractivity contribution in [3.63, 3.8) is 0 Å². The fourth-order valence-corrected chi connectivity index (χ4v) is 1.28. The van der Waals surface area contributed by atoms with Gasteiger partial charge in [-0.1, -0.05) is 37.6 Å². The Balaban J connectivity index is 0.000000424. The summed E-state index contributed by atoms with van der Waals surface area (Å²) in [5.41, 5.74) is 0.345. The fourth-order valence-electron chi connectivity index (χ4n) is 1.28. The van der Waals surface area contributed by atoms with Crippen LogP contribution in [0.2, 0.25) is 0 Å². The Bertz CT molecular complexity index is 164. The van der Waals surface area contributed by atoms with Gasteiger partial charge < -0.3 is 6.92 Å². The molecule has 0 amide bonds. The Labute approximate surface area is 103 Å². The number of allylic oxidation sites excluding steroid dienone is 4. The second-order valence-electron chi connectivity index (χ2n) is 3.25. The van der Waals surface area contributed by atoms with Crippen LogP contribution in [0.5, 0.6) is 0 Å². The number of hydrogen-bond acceptors (Lipinski definition) is 0. The zero-order chi connectivity index (χ0) is 10.2. The average Bonchev–Trinajstić information content (AvgIpc) is 2.51. The van der Waals surface area contributed by atoms with Crippen LogP contribution in [-0.2, 0) is 15.0 Å². The summed E-state index contributed by atoms with van der Waals surface area (Å²) in [6.07, 6.45) is 12.3. The van der Waals surface area contributed by atoms with E-state index < -0.39 is 0 Å². The van der Waals surface area contributed by atoms with Crippen LogP contribution < -0.4 is 0 Å². The molecule has 0 bridgehead atoms. The van der Waals surface area contributed by atoms with E-state index in [1.807, 2.05) is 0 Å². The first-order valence-electron chi connectivity index (χ1n) is 4.31. The summed E-state index contributed by atoms with van der Waals surface area (Å²) in [6, 6.07) is 0. The van der Waals surface area contributed by atoms with Crippen LogP contribution in [-0.4, -0.2) is 0 Å². The molecule has 0 aliphatic heterocycles. The Morgan fingerprint density at radius 3 is 2.15 bits per heavy atom. The topological polar surface area (TPSA) is 0 Å². The minimum atomic E-state index is 0.125. The van der Waals surface area contributed by atoms with E-state index >= 15 is 0 Å². The minimum Gasteiger partial charge on any atom is -0.343 e. The predicted octanol–water partition coefficient (Wildman–Crippen LogP) is 4.81. The average molecular weight is 343 g/mol. The molecule has 0 fully saturated rings. The minimum absolute atomic E-state index is 0.125. The van der Waals surface area contributed by atoms with E-state index in [1.165, 1.54) is 12.8 Å². The number of hydrogen-bond donors (Lipinski definition) is 0. The van der Waals surface area contributed by atoms with Crippen molar-refractivity contribution in [2.45, 2.75) is 26.2 Å². The van der Waals surface area contributed by atoms with E-state index in [9.17, 15) is 0 Å². The number of halogens is 2. The number of rotatable bonds is 3. The first kappa shape index (κ1) is 14.2. The van der Waals surface area contributed by atoms with Crippen LogP contribution in [0.1, 0.15) is 26.2 Å². The van der Waals surface area contributed by atoms with Crippen molar-refractivity contribution in [3.8, 4) is 0 Å². The zero-order valence-electron chi connectivity index (χ0n) is 7.89. The van der Waals surface area contributed by atoms with Gasteiger partial charge in [-0.3, -0.25) is 0 Å². The maximum Gasteiger partial charge on any atom is 0.00380 e. The van der Waals surface area contributed by atoms with Gasteiger partial charge in [-0.2, -0.15) is 6.42 Å². The Kier molecular flexibility index (Phi) is 9.21. The third-order valence-corrected chi connectivity index (χ3v) is 2.03. The summed E-state index contributed by atoms with van der Waals surface area (Å²) in [5.74, 6) is 0. The van der Waals surface area contributed by atoms with Crippen molar-refractivity contribution in [2.75, 3.05) is 0 Å². The molecule has 0 aromatic rings. The maximum absolute atomic E-state index is 3.83. The molecular weight excluding hydrogens is 328 g/mol. The van der Waals surface area contributed by atoms with Gasteiger partial charge in [-0.05, 0) is 6.42 Å². The molecule has 1 rings (SSSR count). The summed E-state index contributed by atoms with van der Waals surface area (Å²) in [5, 5.41) is 0. The molecule has 3 heteroatoms. The van der Waals surface area contributed by atoms with Gasteiger partial charge >= 0.3 is 41.3 Å². The number of unbranched alkanes of at least 4 members (excludes halogenated alkanes) is 1. The standard InChI is InChI=1S/C10H15.2BrH.Ti/c1-3-4-7-10(2)8-5-6-9-10;;;/h5-6,8-9H,1,3-4,7H2,2H3;2*1H;/q-1;;;+2/p-2. The quantitative estimate of drug-likeness (QED) is 0.510. The van der Waals surface area contributed by atoms with Crippen LogP contribution in [0.3, 0.4) is 0 Å². The molecule has 0 atom stereocenters. The molecule has 1 aliphatic rings. The van der Waals surface area contributed by atoms with Crippen molar-refractivity contribution in [2.24, 2.45) is 5.41 Å². The zero-order valence-corrected chi connectivity index (χ0v) is 12.6. The summed E-state index contributed by atoms with van der Waals surface area (Å²) >= 11 is 6.50. The molecule has 74 valence electrons. The second kappa shape index (κ2) is 8.46. The van der Waals surface area contributed by atoms with Crippen LogP contribution in [0, 0.1) is 12.3 Å². The summed E-state index contributed by atoms with van der Waals surface area (Å²) in [6.45, 7) is 6.10. The first-order valence-corrected chi connectivity index (χ1v) is 12.0. The van der Waals surface area contributed by atoms with E-state index in [4.69, 9.17) is 0 Å². The monoisotopic (exact) mass is 341 g/mol. The molecule has 0 radical (unpaired) electrons. The van der Waals surface area contributed by atoms with Crippen molar-refractivity contribution >= 4 is 26.3 Å². The van der Waals surface area contributed by atoms with Crippen LogP contribution in [0.4, 0.5) is 0 Å². The van der Waals surface area contributed by atoms with E-state index in [1.54, 1.807) is 0 Å². The molecule has 0 unspecified atom stereocenters. The predicted molar refractivity (Wildman–Crippen MR) is 63.4 cm³/mol. The molecule has 1 aliphatic carbocycles. The molecule has 0 aromatic heterocycles. The van der Waals surface area contributed by atoms with Crippen LogP contribution in [0.25, 0.3) is 0 Å². The van der Waals surface area contributed by atoms with Gasteiger partial charge in [-0.25, -0.2) is 0 Å². The summed E-state index contributed by atoms with van der Waals surface area (Å²) in [7, 11) is 0. The Hall–Kier alpha value is 1.15. The molecule has 13 heavy (non-hydrogen) atoms. The SMILES string of the molecule is [Br][Ti][Br].[CH2-]CCCC1(C)C=CC=C1. The van der Waals surface area contributed by atoms with Gasteiger partial charge in [0.25, 0.3) is 0 Å². The smallest absolute Gasteiger partial charge is 0.00380 e. The molecule has 0 heterocycles. The molecule has 0 N–H and O–H groups in total. The van der Waals surface area contributed by atoms with Gasteiger partial charge in [0.2, 0.25) is 0 Å². The second-order valence-corrected chi connectivity index (χ2v) is 11.1. The van der Waals surface area contributed by atoms with Crippen molar-refractivity contribution in [1.29, 1.82) is 0 Å². The van der Waals surface area contributed by atoms with Crippen molar-refractivity contribution in [3.05, 3.63) is 31.2 Å². The maximum atomic E-state index is 3.83.